The number of rotatable bonds is 1. The number of alkyl halides is 3. The summed E-state index contributed by atoms with van der Waals surface area (Å²) in [6.45, 7) is 0. The molecule has 0 unspecified atom stereocenters. The van der Waals surface area contributed by atoms with E-state index in [1.165, 1.54) is 35.0 Å². The molecule has 0 N–H and O–H groups in total. The lowest BCUT2D eigenvalue weighted by molar-refractivity contribution is -0.137. The van der Waals surface area contributed by atoms with Crippen LogP contribution in [-0.4, -0.2) is 9.55 Å². The summed E-state index contributed by atoms with van der Waals surface area (Å²) in [5.74, 6) is -0.284. The molecule has 1 aromatic carbocycles. The number of aromatic nitrogens is 2. The third-order valence-electron chi connectivity index (χ3n) is 3.21. The van der Waals surface area contributed by atoms with Crippen molar-refractivity contribution < 1.29 is 17.6 Å². The Morgan fingerprint density at radius 2 is 1.91 bits per heavy atom. The number of halogens is 4. The average molecular weight is 305 g/mol. The molecule has 0 aliphatic heterocycles. The number of nitrogens with zero attached hydrogens (tertiary/aromatic N) is 3. The number of hydrogen-bond donors (Lipinski definition) is 0. The van der Waals surface area contributed by atoms with E-state index >= 15 is 0 Å². The molecule has 0 amide bonds. The van der Waals surface area contributed by atoms with Crippen LogP contribution in [0.1, 0.15) is 11.1 Å². The zero-order valence-electron chi connectivity index (χ0n) is 10.9. The first-order valence-electron chi connectivity index (χ1n) is 6.14. The topological polar surface area (TPSA) is 41.6 Å². The standard InChI is InChI=1S/C15H7F4N3/c16-11-2-3-13-12(5-11)9(6-20)8-22(13)14-4-1-10(7-21-14)15(17,18)19/h1-5,7-8H. The van der Waals surface area contributed by atoms with Crippen LogP contribution in [0, 0.1) is 17.1 Å². The molecule has 0 aliphatic rings. The van der Waals surface area contributed by atoms with Crippen LogP contribution >= 0.6 is 0 Å². The van der Waals surface area contributed by atoms with Crippen molar-refractivity contribution in [1.29, 1.82) is 5.26 Å². The quantitative estimate of drug-likeness (QED) is 0.636. The van der Waals surface area contributed by atoms with Crippen molar-refractivity contribution in [3.63, 3.8) is 0 Å². The SMILES string of the molecule is N#Cc1cn(-c2ccc(C(F)(F)F)cn2)c2ccc(F)cc12. The summed E-state index contributed by atoms with van der Waals surface area (Å²) in [7, 11) is 0. The maximum atomic E-state index is 13.3. The highest BCUT2D eigenvalue weighted by Crippen LogP contribution is 2.30. The molecule has 0 atom stereocenters. The number of fused-ring (bicyclic) bond motifs is 1. The van der Waals surface area contributed by atoms with Gasteiger partial charge in [0, 0.05) is 17.8 Å². The first-order valence-corrected chi connectivity index (χ1v) is 6.14. The van der Waals surface area contributed by atoms with E-state index in [9.17, 15) is 17.6 Å². The molecular weight excluding hydrogens is 298 g/mol. The summed E-state index contributed by atoms with van der Waals surface area (Å²) in [5, 5.41) is 9.46. The van der Waals surface area contributed by atoms with Crippen LogP contribution in [0.3, 0.4) is 0 Å². The zero-order chi connectivity index (χ0) is 15.9. The summed E-state index contributed by atoms with van der Waals surface area (Å²) in [5.41, 5.74) is -0.152. The van der Waals surface area contributed by atoms with E-state index in [0.29, 0.717) is 10.9 Å². The Labute approximate surface area is 122 Å². The van der Waals surface area contributed by atoms with Crippen molar-refractivity contribution in [3.05, 3.63) is 59.7 Å². The van der Waals surface area contributed by atoms with E-state index in [-0.39, 0.29) is 11.4 Å². The molecule has 7 heteroatoms. The van der Waals surface area contributed by atoms with Crippen LogP contribution < -0.4 is 0 Å². The first kappa shape index (κ1) is 14.1. The Balaban J connectivity index is 2.17. The summed E-state index contributed by atoms with van der Waals surface area (Å²) >= 11 is 0. The van der Waals surface area contributed by atoms with Gasteiger partial charge in [-0.15, -0.1) is 0 Å². The van der Waals surface area contributed by atoms with Crippen molar-refractivity contribution in [3.8, 4) is 11.9 Å². The van der Waals surface area contributed by atoms with Gasteiger partial charge in [-0.2, -0.15) is 18.4 Å². The van der Waals surface area contributed by atoms with Gasteiger partial charge in [-0.3, -0.25) is 4.57 Å². The van der Waals surface area contributed by atoms with Gasteiger partial charge < -0.3 is 0 Å². The lowest BCUT2D eigenvalue weighted by Crippen LogP contribution is -2.06. The van der Waals surface area contributed by atoms with Crippen molar-refractivity contribution >= 4 is 10.9 Å². The van der Waals surface area contributed by atoms with Gasteiger partial charge in [-0.1, -0.05) is 0 Å². The Kier molecular flexibility index (Phi) is 3.10. The number of nitriles is 1. The molecular formula is C15H7F4N3. The predicted molar refractivity (Wildman–Crippen MR) is 70.7 cm³/mol. The number of pyridine rings is 1. The minimum Gasteiger partial charge on any atom is -0.300 e. The van der Waals surface area contributed by atoms with Gasteiger partial charge in [-0.05, 0) is 30.3 Å². The molecule has 0 saturated heterocycles. The maximum Gasteiger partial charge on any atom is 0.417 e. The van der Waals surface area contributed by atoms with Gasteiger partial charge in [-0.25, -0.2) is 9.37 Å². The molecule has 110 valence electrons. The van der Waals surface area contributed by atoms with Crippen molar-refractivity contribution in [2.75, 3.05) is 0 Å². The maximum absolute atomic E-state index is 13.3. The first-order chi connectivity index (χ1) is 10.4. The summed E-state index contributed by atoms with van der Waals surface area (Å²) in [6, 6.07) is 7.90. The molecule has 0 fully saturated rings. The second kappa shape index (κ2) is 4.84. The third-order valence-corrected chi connectivity index (χ3v) is 3.21. The van der Waals surface area contributed by atoms with E-state index in [1.54, 1.807) is 0 Å². The Hall–Kier alpha value is -2.88. The van der Waals surface area contributed by atoms with Gasteiger partial charge in [0.15, 0.2) is 0 Å². The fourth-order valence-corrected chi connectivity index (χ4v) is 2.18. The van der Waals surface area contributed by atoms with Crippen molar-refractivity contribution in [1.82, 2.24) is 9.55 Å². The van der Waals surface area contributed by atoms with E-state index in [0.717, 1.165) is 12.3 Å². The van der Waals surface area contributed by atoms with Crippen molar-refractivity contribution in [2.45, 2.75) is 6.18 Å². The molecule has 0 radical (unpaired) electrons. The molecule has 0 spiro atoms. The molecule has 2 aromatic heterocycles. The number of hydrogen-bond acceptors (Lipinski definition) is 2. The fourth-order valence-electron chi connectivity index (χ4n) is 2.18. The minimum absolute atomic E-state index is 0.214. The summed E-state index contributed by atoms with van der Waals surface area (Å²) < 4.78 is 52.4. The molecule has 22 heavy (non-hydrogen) atoms. The lowest BCUT2D eigenvalue weighted by atomic mass is 10.2. The van der Waals surface area contributed by atoms with Crippen LogP contribution in [0.4, 0.5) is 17.6 Å². The Bertz CT molecular complexity index is 886. The summed E-state index contributed by atoms with van der Waals surface area (Å²) in [6.07, 6.45) is -2.33. The van der Waals surface area contributed by atoms with Crippen LogP contribution in [0.15, 0.2) is 42.7 Å². The molecule has 3 aromatic rings. The molecule has 0 aliphatic carbocycles. The largest absolute Gasteiger partial charge is 0.417 e. The molecule has 2 heterocycles. The van der Waals surface area contributed by atoms with Gasteiger partial charge >= 0.3 is 6.18 Å². The van der Waals surface area contributed by atoms with Gasteiger partial charge in [0.25, 0.3) is 0 Å². The van der Waals surface area contributed by atoms with E-state index in [2.05, 4.69) is 4.98 Å². The van der Waals surface area contributed by atoms with E-state index in [4.69, 9.17) is 5.26 Å². The van der Waals surface area contributed by atoms with E-state index in [1.807, 2.05) is 6.07 Å². The minimum atomic E-state index is -4.47. The van der Waals surface area contributed by atoms with E-state index < -0.39 is 17.6 Å². The second-order valence-electron chi connectivity index (χ2n) is 4.59. The Morgan fingerprint density at radius 1 is 1.14 bits per heavy atom. The van der Waals surface area contributed by atoms with Gasteiger partial charge in [0.1, 0.15) is 17.7 Å². The normalized spacial score (nSPS) is 11.6. The van der Waals surface area contributed by atoms with Crippen LogP contribution in [0.5, 0.6) is 0 Å². The highest BCUT2D eigenvalue weighted by molar-refractivity contribution is 5.87. The van der Waals surface area contributed by atoms with Crippen LogP contribution in [0.2, 0.25) is 0 Å². The van der Waals surface area contributed by atoms with Crippen LogP contribution in [0.25, 0.3) is 16.7 Å². The highest BCUT2D eigenvalue weighted by Gasteiger charge is 2.30. The van der Waals surface area contributed by atoms with Crippen LogP contribution in [-0.2, 0) is 6.18 Å². The molecule has 3 nitrogen and oxygen atoms in total. The summed E-state index contributed by atoms with van der Waals surface area (Å²) in [4.78, 5) is 3.78. The molecule has 0 bridgehead atoms. The molecule has 3 rings (SSSR count). The smallest absolute Gasteiger partial charge is 0.300 e. The Morgan fingerprint density at radius 3 is 2.50 bits per heavy atom. The predicted octanol–water partition coefficient (Wildman–Crippen LogP) is 4.06. The number of benzene rings is 1. The third kappa shape index (κ3) is 2.29. The van der Waals surface area contributed by atoms with Crippen molar-refractivity contribution in [2.24, 2.45) is 0 Å². The highest BCUT2D eigenvalue weighted by atomic mass is 19.4. The van der Waals surface area contributed by atoms with Gasteiger partial charge in [0.05, 0.1) is 16.6 Å². The lowest BCUT2D eigenvalue weighted by Gasteiger charge is -2.08. The van der Waals surface area contributed by atoms with Gasteiger partial charge in [0.2, 0.25) is 0 Å². The molecule has 0 saturated carbocycles. The second-order valence-corrected chi connectivity index (χ2v) is 4.59. The average Bonchev–Trinajstić information content (AvgIpc) is 2.84. The fraction of sp³-hybridized carbons (Fsp3) is 0.0667. The monoisotopic (exact) mass is 305 g/mol. The zero-order valence-corrected chi connectivity index (χ0v) is 10.9.